The minimum absolute atomic E-state index is 0.0446. The monoisotopic (exact) mass is 297 g/mol. The molecule has 2 unspecified atom stereocenters. The van der Waals surface area contributed by atoms with Crippen LogP contribution in [0.1, 0.15) is 57.8 Å². The number of carboxylic acids is 1. The molecule has 0 aliphatic heterocycles. The van der Waals surface area contributed by atoms with Crippen LogP contribution in [0.15, 0.2) is 5.16 Å². The zero-order valence-corrected chi connectivity index (χ0v) is 13.0. The molecule has 1 aliphatic carbocycles. The summed E-state index contributed by atoms with van der Waals surface area (Å²) in [6.07, 6.45) is 7.03. The van der Waals surface area contributed by atoms with Crippen molar-refractivity contribution in [2.75, 3.05) is 5.75 Å². The Hall–Kier alpha value is -1.04. The lowest BCUT2D eigenvalue weighted by atomic mass is 9.96. The van der Waals surface area contributed by atoms with Gasteiger partial charge >= 0.3 is 5.97 Å². The van der Waals surface area contributed by atoms with Gasteiger partial charge in [-0.2, -0.15) is 0 Å². The summed E-state index contributed by atoms with van der Waals surface area (Å²) in [6, 6.07) is 0.416. The summed E-state index contributed by atoms with van der Waals surface area (Å²) in [7, 11) is 0. The van der Waals surface area contributed by atoms with Crippen LogP contribution in [-0.4, -0.2) is 31.6 Å². The van der Waals surface area contributed by atoms with Gasteiger partial charge in [0.2, 0.25) is 0 Å². The number of aromatic nitrogens is 3. The Morgan fingerprint density at radius 3 is 2.80 bits per heavy atom. The van der Waals surface area contributed by atoms with Gasteiger partial charge in [0.05, 0.1) is 5.75 Å². The molecule has 2 atom stereocenters. The van der Waals surface area contributed by atoms with Crippen molar-refractivity contribution in [2.24, 2.45) is 5.92 Å². The van der Waals surface area contributed by atoms with E-state index in [2.05, 4.69) is 28.6 Å². The SMILES string of the molecule is CCc1nnc(SCC(=O)O)n1C1CCCCCC1C. The Balaban J connectivity index is 2.26. The van der Waals surface area contributed by atoms with E-state index in [4.69, 9.17) is 5.11 Å². The van der Waals surface area contributed by atoms with E-state index in [0.29, 0.717) is 12.0 Å². The van der Waals surface area contributed by atoms with Gasteiger partial charge in [0.15, 0.2) is 5.16 Å². The molecule has 1 aromatic rings. The van der Waals surface area contributed by atoms with E-state index in [1.165, 1.54) is 37.4 Å². The van der Waals surface area contributed by atoms with E-state index >= 15 is 0 Å². The minimum atomic E-state index is -0.809. The Morgan fingerprint density at radius 1 is 1.35 bits per heavy atom. The molecule has 2 rings (SSSR count). The quantitative estimate of drug-likeness (QED) is 0.668. The maximum Gasteiger partial charge on any atom is 0.313 e. The van der Waals surface area contributed by atoms with Crippen molar-refractivity contribution in [3.8, 4) is 0 Å². The van der Waals surface area contributed by atoms with Crippen molar-refractivity contribution in [2.45, 2.75) is 63.6 Å². The fourth-order valence-electron chi connectivity index (χ4n) is 2.96. The Kier molecular flexibility index (Phi) is 5.46. The molecule has 5 nitrogen and oxygen atoms in total. The number of rotatable bonds is 5. The Morgan fingerprint density at radius 2 is 2.10 bits per heavy atom. The Bertz CT molecular complexity index is 461. The van der Waals surface area contributed by atoms with Crippen molar-refractivity contribution in [1.82, 2.24) is 14.8 Å². The molecule has 1 aromatic heterocycles. The van der Waals surface area contributed by atoms with Gasteiger partial charge in [-0.05, 0) is 18.8 Å². The summed E-state index contributed by atoms with van der Waals surface area (Å²) in [5.41, 5.74) is 0. The van der Waals surface area contributed by atoms with Gasteiger partial charge in [0.1, 0.15) is 5.82 Å². The topological polar surface area (TPSA) is 68.0 Å². The van der Waals surface area contributed by atoms with Gasteiger partial charge in [-0.25, -0.2) is 0 Å². The van der Waals surface area contributed by atoms with Crippen LogP contribution in [0.5, 0.6) is 0 Å². The van der Waals surface area contributed by atoms with Crippen molar-refractivity contribution >= 4 is 17.7 Å². The standard InChI is InChI=1S/C14H23N3O2S/c1-3-12-15-16-14(20-9-13(18)19)17(12)11-8-6-4-5-7-10(11)2/h10-11H,3-9H2,1-2H3,(H,18,19). The summed E-state index contributed by atoms with van der Waals surface area (Å²) in [5.74, 6) is 0.819. The predicted molar refractivity (Wildman–Crippen MR) is 79.0 cm³/mol. The van der Waals surface area contributed by atoms with Crippen molar-refractivity contribution < 1.29 is 9.90 Å². The van der Waals surface area contributed by atoms with Crippen LogP contribution in [-0.2, 0) is 11.2 Å². The lowest BCUT2D eigenvalue weighted by molar-refractivity contribution is -0.133. The van der Waals surface area contributed by atoms with Crippen LogP contribution in [0.4, 0.5) is 0 Å². The van der Waals surface area contributed by atoms with Crippen LogP contribution in [0, 0.1) is 5.92 Å². The first-order valence-electron chi connectivity index (χ1n) is 7.41. The number of hydrogen-bond acceptors (Lipinski definition) is 4. The van der Waals surface area contributed by atoms with Gasteiger partial charge in [0, 0.05) is 12.5 Å². The number of hydrogen-bond donors (Lipinski definition) is 1. The number of aryl methyl sites for hydroxylation is 1. The molecule has 0 spiro atoms. The smallest absolute Gasteiger partial charge is 0.313 e. The number of thioether (sulfide) groups is 1. The highest BCUT2D eigenvalue weighted by atomic mass is 32.2. The fraction of sp³-hybridized carbons (Fsp3) is 0.786. The van der Waals surface area contributed by atoms with E-state index < -0.39 is 5.97 Å². The molecule has 0 aromatic carbocycles. The molecule has 1 fully saturated rings. The number of nitrogens with zero attached hydrogens (tertiary/aromatic N) is 3. The average molecular weight is 297 g/mol. The number of carboxylic acid groups (broad SMARTS) is 1. The van der Waals surface area contributed by atoms with Crippen molar-refractivity contribution in [1.29, 1.82) is 0 Å². The number of aliphatic carboxylic acids is 1. The molecular weight excluding hydrogens is 274 g/mol. The van der Waals surface area contributed by atoms with Gasteiger partial charge < -0.3 is 9.67 Å². The van der Waals surface area contributed by atoms with Gasteiger partial charge in [-0.3, -0.25) is 4.79 Å². The molecule has 1 saturated carbocycles. The van der Waals surface area contributed by atoms with Crippen LogP contribution >= 0.6 is 11.8 Å². The van der Waals surface area contributed by atoms with Crippen molar-refractivity contribution in [3.05, 3.63) is 5.82 Å². The highest BCUT2D eigenvalue weighted by Crippen LogP contribution is 2.35. The molecule has 0 saturated heterocycles. The summed E-state index contributed by atoms with van der Waals surface area (Å²) in [5, 5.41) is 18.1. The minimum Gasteiger partial charge on any atom is -0.481 e. The zero-order valence-electron chi connectivity index (χ0n) is 12.2. The van der Waals surface area contributed by atoms with E-state index in [1.54, 1.807) is 0 Å². The van der Waals surface area contributed by atoms with E-state index in [0.717, 1.165) is 23.8 Å². The first-order chi connectivity index (χ1) is 9.63. The summed E-state index contributed by atoms with van der Waals surface area (Å²) in [4.78, 5) is 10.8. The van der Waals surface area contributed by atoms with Gasteiger partial charge in [0.25, 0.3) is 0 Å². The second-order valence-electron chi connectivity index (χ2n) is 5.49. The van der Waals surface area contributed by atoms with E-state index in [1.807, 2.05) is 0 Å². The second kappa shape index (κ2) is 7.11. The average Bonchev–Trinajstić information content (AvgIpc) is 2.71. The summed E-state index contributed by atoms with van der Waals surface area (Å²) in [6.45, 7) is 4.37. The third-order valence-electron chi connectivity index (χ3n) is 4.02. The zero-order chi connectivity index (χ0) is 14.5. The van der Waals surface area contributed by atoms with Gasteiger partial charge in [-0.15, -0.1) is 10.2 Å². The molecule has 20 heavy (non-hydrogen) atoms. The molecule has 0 radical (unpaired) electrons. The lowest BCUT2D eigenvalue weighted by Crippen LogP contribution is -2.19. The summed E-state index contributed by atoms with van der Waals surface area (Å²) >= 11 is 1.28. The highest BCUT2D eigenvalue weighted by Gasteiger charge is 2.26. The fourth-order valence-corrected chi connectivity index (χ4v) is 3.69. The third kappa shape index (κ3) is 3.53. The largest absolute Gasteiger partial charge is 0.481 e. The maximum absolute atomic E-state index is 10.8. The third-order valence-corrected chi connectivity index (χ3v) is 4.95. The van der Waals surface area contributed by atoms with E-state index in [-0.39, 0.29) is 5.75 Å². The van der Waals surface area contributed by atoms with Crippen molar-refractivity contribution in [3.63, 3.8) is 0 Å². The molecule has 0 amide bonds. The molecule has 0 bridgehead atoms. The molecule has 1 aliphatic rings. The van der Waals surface area contributed by atoms with Crippen LogP contribution in [0.25, 0.3) is 0 Å². The molecule has 112 valence electrons. The van der Waals surface area contributed by atoms with Crippen LogP contribution in [0.2, 0.25) is 0 Å². The number of carbonyl (C=O) groups is 1. The maximum atomic E-state index is 10.8. The molecular formula is C14H23N3O2S. The normalized spacial score (nSPS) is 23.5. The van der Waals surface area contributed by atoms with Crippen LogP contribution < -0.4 is 0 Å². The Labute approximate surface area is 124 Å². The molecule has 1 heterocycles. The predicted octanol–water partition coefficient (Wildman–Crippen LogP) is 3.16. The first-order valence-corrected chi connectivity index (χ1v) is 8.40. The second-order valence-corrected chi connectivity index (χ2v) is 6.43. The van der Waals surface area contributed by atoms with E-state index in [9.17, 15) is 4.79 Å². The van der Waals surface area contributed by atoms with Gasteiger partial charge in [-0.1, -0.05) is 44.9 Å². The summed E-state index contributed by atoms with van der Waals surface area (Å²) < 4.78 is 2.21. The lowest BCUT2D eigenvalue weighted by Gasteiger charge is -2.25. The first kappa shape index (κ1) is 15.4. The molecule has 6 heteroatoms. The molecule has 1 N–H and O–H groups in total. The highest BCUT2D eigenvalue weighted by molar-refractivity contribution is 7.99. The van der Waals surface area contributed by atoms with Crippen LogP contribution in [0.3, 0.4) is 0 Å².